The maximum atomic E-state index is 12.7. The van der Waals surface area contributed by atoms with Crippen LogP contribution < -0.4 is 0 Å². The molecule has 1 N–H and O–H groups in total. The van der Waals surface area contributed by atoms with Crippen molar-refractivity contribution in [3.05, 3.63) is 69.3 Å². The molecule has 0 aliphatic carbocycles. The van der Waals surface area contributed by atoms with Gasteiger partial charge in [-0.25, -0.2) is 0 Å². The van der Waals surface area contributed by atoms with Crippen LogP contribution in [0.3, 0.4) is 0 Å². The van der Waals surface area contributed by atoms with Crippen molar-refractivity contribution in [3.63, 3.8) is 0 Å². The first-order valence-corrected chi connectivity index (χ1v) is 7.24. The summed E-state index contributed by atoms with van der Waals surface area (Å²) in [6, 6.07) is 11.8. The third-order valence-electron chi connectivity index (χ3n) is 3.51. The highest BCUT2D eigenvalue weighted by atomic mass is 79.9. The van der Waals surface area contributed by atoms with Crippen LogP contribution >= 0.6 is 15.9 Å². The molecule has 3 aromatic rings. The number of fused-ring (bicyclic) bond motifs is 1. The quantitative estimate of drug-likeness (QED) is 0.675. The first-order valence-electron chi connectivity index (χ1n) is 6.45. The molecule has 0 saturated carbocycles. The summed E-state index contributed by atoms with van der Waals surface area (Å²) >= 11 is 3.42. The molecule has 100 valence electrons. The second kappa shape index (κ2) is 4.91. The number of aromatic amines is 1. The minimum Gasteiger partial charge on any atom is -0.360 e. The molecule has 1 heterocycles. The van der Waals surface area contributed by atoms with E-state index in [9.17, 15) is 4.79 Å². The third-order valence-corrected chi connectivity index (χ3v) is 4.01. The van der Waals surface area contributed by atoms with Gasteiger partial charge < -0.3 is 4.98 Å². The molecular formula is C17H14BrNO. The number of hydrogen-bond acceptors (Lipinski definition) is 1. The Morgan fingerprint density at radius 2 is 1.85 bits per heavy atom. The largest absolute Gasteiger partial charge is 0.360 e. The molecule has 1 aromatic heterocycles. The first kappa shape index (κ1) is 13.1. The van der Waals surface area contributed by atoms with Crippen molar-refractivity contribution in [3.8, 4) is 0 Å². The van der Waals surface area contributed by atoms with Crippen molar-refractivity contribution >= 4 is 32.6 Å². The van der Waals surface area contributed by atoms with Crippen LogP contribution in [0.2, 0.25) is 0 Å². The van der Waals surface area contributed by atoms with E-state index in [-0.39, 0.29) is 5.78 Å². The van der Waals surface area contributed by atoms with Crippen molar-refractivity contribution < 1.29 is 4.79 Å². The Morgan fingerprint density at radius 3 is 2.60 bits per heavy atom. The average Bonchev–Trinajstić information content (AvgIpc) is 2.80. The van der Waals surface area contributed by atoms with Crippen LogP contribution in [-0.2, 0) is 0 Å². The van der Waals surface area contributed by atoms with Gasteiger partial charge in [-0.3, -0.25) is 4.79 Å². The predicted octanol–water partition coefficient (Wildman–Crippen LogP) is 4.78. The lowest BCUT2D eigenvalue weighted by atomic mass is 9.98. The van der Waals surface area contributed by atoms with Gasteiger partial charge in [-0.05, 0) is 49.2 Å². The van der Waals surface area contributed by atoms with Crippen LogP contribution in [0.4, 0.5) is 0 Å². The van der Waals surface area contributed by atoms with Gasteiger partial charge in [0.25, 0.3) is 0 Å². The summed E-state index contributed by atoms with van der Waals surface area (Å²) in [4.78, 5) is 15.9. The Balaban J connectivity index is 2.13. The van der Waals surface area contributed by atoms with E-state index in [1.807, 2.05) is 44.2 Å². The van der Waals surface area contributed by atoms with Crippen LogP contribution in [0, 0.1) is 13.8 Å². The van der Waals surface area contributed by atoms with Crippen LogP contribution in [0.5, 0.6) is 0 Å². The summed E-state index contributed by atoms with van der Waals surface area (Å²) in [6.45, 7) is 4.00. The number of rotatable bonds is 2. The minimum atomic E-state index is 0.0603. The molecule has 0 fully saturated rings. The zero-order chi connectivity index (χ0) is 14.3. The van der Waals surface area contributed by atoms with Crippen molar-refractivity contribution in [2.24, 2.45) is 0 Å². The van der Waals surface area contributed by atoms with Gasteiger partial charge in [0.15, 0.2) is 5.78 Å². The van der Waals surface area contributed by atoms with E-state index < -0.39 is 0 Å². The topological polar surface area (TPSA) is 32.9 Å². The van der Waals surface area contributed by atoms with Crippen molar-refractivity contribution in [2.45, 2.75) is 13.8 Å². The summed E-state index contributed by atoms with van der Waals surface area (Å²) < 4.78 is 0.987. The zero-order valence-electron chi connectivity index (χ0n) is 11.3. The molecule has 3 heteroatoms. The molecule has 0 radical (unpaired) electrons. The number of carbonyl (C=O) groups is 1. The average molecular weight is 328 g/mol. The normalized spacial score (nSPS) is 10.9. The SMILES string of the molecule is Cc1ccc2c(C(=O)c3ccc(Br)cc3C)c[nH]c2c1. The fourth-order valence-electron chi connectivity index (χ4n) is 2.45. The minimum absolute atomic E-state index is 0.0603. The molecule has 0 atom stereocenters. The number of H-pyrrole nitrogens is 1. The zero-order valence-corrected chi connectivity index (χ0v) is 12.9. The lowest BCUT2D eigenvalue weighted by Gasteiger charge is -2.05. The highest BCUT2D eigenvalue weighted by Gasteiger charge is 2.16. The Kier molecular flexibility index (Phi) is 3.22. The van der Waals surface area contributed by atoms with Gasteiger partial charge in [-0.15, -0.1) is 0 Å². The number of benzene rings is 2. The van der Waals surface area contributed by atoms with Gasteiger partial charge in [0.2, 0.25) is 0 Å². The maximum Gasteiger partial charge on any atom is 0.195 e. The fraction of sp³-hybridized carbons (Fsp3) is 0.118. The van der Waals surface area contributed by atoms with Crippen LogP contribution in [0.1, 0.15) is 27.0 Å². The molecule has 0 saturated heterocycles. The number of nitrogens with one attached hydrogen (secondary N) is 1. The van der Waals surface area contributed by atoms with Crippen molar-refractivity contribution in [1.82, 2.24) is 4.98 Å². The summed E-state index contributed by atoms with van der Waals surface area (Å²) in [6.07, 6.45) is 1.80. The number of aromatic nitrogens is 1. The molecule has 20 heavy (non-hydrogen) atoms. The third kappa shape index (κ3) is 2.18. The monoisotopic (exact) mass is 327 g/mol. The molecule has 0 aliphatic rings. The van der Waals surface area contributed by atoms with Crippen molar-refractivity contribution in [2.75, 3.05) is 0 Å². The molecule has 0 unspecified atom stereocenters. The summed E-state index contributed by atoms with van der Waals surface area (Å²) in [5, 5.41) is 0.975. The fourth-order valence-corrected chi connectivity index (χ4v) is 2.93. The molecule has 0 bridgehead atoms. The summed E-state index contributed by atoms with van der Waals surface area (Å²) in [7, 11) is 0. The maximum absolute atomic E-state index is 12.7. The van der Waals surface area contributed by atoms with Crippen molar-refractivity contribution in [1.29, 1.82) is 0 Å². The molecular weight excluding hydrogens is 314 g/mol. The van der Waals surface area contributed by atoms with Gasteiger partial charge in [0, 0.05) is 32.7 Å². The van der Waals surface area contributed by atoms with Crippen LogP contribution in [0.25, 0.3) is 10.9 Å². The lowest BCUT2D eigenvalue weighted by molar-refractivity contribution is 0.103. The smallest absolute Gasteiger partial charge is 0.195 e. The number of carbonyl (C=O) groups excluding carboxylic acids is 1. The molecule has 2 aromatic carbocycles. The number of halogens is 1. The number of aryl methyl sites for hydroxylation is 2. The number of ketones is 1. The van der Waals surface area contributed by atoms with E-state index >= 15 is 0 Å². The van der Waals surface area contributed by atoms with E-state index in [1.54, 1.807) is 6.20 Å². The van der Waals surface area contributed by atoms with Gasteiger partial charge in [0.1, 0.15) is 0 Å². The molecule has 0 spiro atoms. The molecule has 2 nitrogen and oxygen atoms in total. The molecule has 3 rings (SSSR count). The Morgan fingerprint density at radius 1 is 1.05 bits per heavy atom. The Bertz CT molecular complexity index is 817. The summed E-state index contributed by atoms with van der Waals surface area (Å²) in [5.74, 6) is 0.0603. The Hall–Kier alpha value is -1.87. The highest BCUT2D eigenvalue weighted by Crippen LogP contribution is 2.24. The lowest BCUT2D eigenvalue weighted by Crippen LogP contribution is -2.02. The Labute approximate surface area is 126 Å². The van der Waals surface area contributed by atoms with Crippen LogP contribution in [-0.4, -0.2) is 10.8 Å². The summed E-state index contributed by atoms with van der Waals surface area (Å²) in [5.41, 5.74) is 4.63. The van der Waals surface area contributed by atoms with E-state index in [0.29, 0.717) is 0 Å². The van der Waals surface area contributed by atoms with E-state index in [2.05, 4.69) is 27.0 Å². The van der Waals surface area contributed by atoms with Gasteiger partial charge in [-0.2, -0.15) is 0 Å². The first-order chi connectivity index (χ1) is 9.56. The molecule has 0 aliphatic heterocycles. The van der Waals surface area contributed by atoms with E-state index in [0.717, 1.165) is 32.1 Å². The highest BCUT2D eigenvalue weighted by molar-refractivity contribution is 9.10. The second-order valence-corrected chi connectivity index (χ2v) is 5.96. The van der Waals surface area contributed by atoms with E-state index in [4.69, 9.17) is 0 Å². The predicted molar refractivity (Wildman–Crippen MR) is 85.3 cm³/mol. The van der Waals surface area contributed by atoms with E-state index in [1.165, 1.54) is 5.56 Å². The van der Waals surface area contributed by atoms with Gasteiger partial charge in [-0.1, -0.05) is 28.1 Å². The second-order valence-electron chi connectivity index (χ2n) is 5.04. The van der Waals surface area contributed by atoms with Crippen LogP contribution in [0.15, 0.2) is 47.1 Å². The molecule has 0 amide bonds. The van der Waals surface area contributed by atoms with Gasteiger partial charge in [0.05, 0.1) is 0 Å². The standard InChI is InChI=1S/C17H14BrNO/c1-10-3-5-14-15(9-19-16(14)7-10)17(20)13-6-4-12(18)8-11(13)2/h3-9,19H,1-2H3. The van der Waals surface area contributed by atoms with Gasteiger partial charge >= 0.3 is 0 Å². The number of hydrogen-bond donors (Lipinski definition) is 1.